The monoisotopic (exact) mass is 724 g/mol. The molecule has 282 valence electrons. The highest BCUT2D eigenvalue weighted by atomic mass is 16.5. The third-order valence-corrected chi connectivity index (χ3v) is 7.61. The Balaban J connectivity index is 0.00000104. The zero-order chi connectivity index (χ0) is 38.6. The standard InChI is InChI=1S/C34H42N2O8.C4H6O4/c1-8-26-23-35(31(37)15-11-9-13-24-19-27(39-2)33(43-6)28(20-24)40-3)17-18-36(26)32(38)16-12-10-14-25-21-29(41-4)34(44-7)30(22-25)42-5;5-3(6)1-2-4(7)8/h9-16,19-22,26H,8,17-18,23H2,1-7H3;1-3,5-6H,(H,7,8)/b13-9+,14-10+,15-11+,16-12+;2-1+. The van der Waals surface area contributed by atoms with E-state index in [1.165, 1.54) is 6.08 Å². The molecular formula is C38H48N2O12. The van der Waals surface area contributed by atoms with Crippen LogP contribution in [0.5, 0.6) is 34.5 Å². The van der Waals surface area contributed by atoms with Crippen molar-refractivity contribution >= 4 is 29.9 Å². The summed E-state index contributed by atoms with van der Waals surface area (Å²) in [5.74, 6) is 1.84. The zero-order valence-corrected chi connectivity index (χ0v) is 30.5. The Morgan fingerprint density at radius 1 is 0.692 bits per heavy atom. The second-order valence-corrected chi connectivity index (χ2v) is 10.8. The van der Waals surface area contributed by atoms with Crippen LogP contribution < -0.4 is 28.4 Å². The number of hydrogen-bond donors (Lipinski definition) is 3. The van der Waals surface area contributed by atoms with Crippen molar-refractivity contribution in [2.45, 2.75) is 25.7 Å². The van der Waals surface area contributed by atoms with Gasteiger partial charge in [-0.2, -0.15) is 0 Å². The quantitative estimate of drug-likeness (QED) is 0.137. The maximum Gasteiger partial charge on any atom is 0.328 e. The van der Waals surface area contributed by atoms with Crippen LogP contribution in [-0.4, -0.2) is 118 Å². The molecule has 1 aliphatic rings. The lowest BCUT2D eigenvalue weighted by Gasteiger charge is -2.40. The summed E-state index contributed by atoms with van der Waals surface area (Å²) in [5.41, 5.74) is 1.67. The van der Waals surface area contributed by atoms with E-state index in [0.717, 1.165) is 23.6 Å². The molecular weight excluding hydrogens is 676 g/mol. The summed E-state index contributed by atoms with van der Waals surface area (Å²) >= 11 is 0. The molecule has 2 amide bonds. The van der Waals surface area contributed by atoms with Crippen molar-refractivity contribution < 1.29 is 58.1 Å². The molecule has 14 nitrogen and oxygen atoms in total. The summed E-state index contributed by atoms with van der Waals surface area (Å²) in [6.07, 6.45) is 14.2. The molecule has 1 atom stereocenters. The smallest absolute Gasteiger partial charge is 0.328 e. The van der Waals surface area contributed by atoms with Gasteiger partial charge >= 0.3 is 5.97 Å². The number of ether oxygens (including phenoxy) is 6. The number of carbonyl (C=O) groups is 3. The van der Waals surface area contributed by atoms with Gasteiger partial charge in [0, 0.05) is 43.9 Å². The number of aliphatic hydroxyl groups excluding tert-OH is 1. The summed E-state index contributed by atoms with van der Waals surface area (Å²) < 4.78 is 32.3. The molecule has 1 saturated heterocycles. The lowest BCUT2D eigenvalue weighted by Crippen LogP contribution is -2.55. The summed E-state index contributed by atoms with van der Waals surface area (Å²) in [4.78, 5) is 39.1. The van der Waals surface area contributed by atoms with Crippen LogP contribution in [0.1, 0.15) is 24.5 Å². The summed E-state index contributed by atoms with van der Waals surface area (Å²) in [5, 5.41) is 23.9. The normalized spacial score (nSPS) is 14.7. The van der Waals surface area contributed by atoms with Gasteiger partial charge in [-0.25, -0.2) is 4.79 Å². The molecule has 0 spiro atoms. The maximum atomic E-state index is 13.0. The van der Waals surface area contributed by atoms with Crippen LogP contribution in [0.4, 0.5) is 0 Å². The van der Waals surface area contributed by atoms with Crippen LogP contribution in [0, 0.1) is 0 Å². The number of allylic oxidation sites excluding steroid dienone is 4. The predicted molar refractivity (Wildman–Crippen MR) is 196 cm³/mol. The van der Waals surface area contributed by atoms with Gasteiger partial charge in [0.2, 0.25) is 23.3 Å². The van der Waals surface area contributed by atoms with Crippen molar-refractivity contribution in [1.29, 1.82) is 0 Å². The van der Waals surface area contributed by atoms with Crippen molar-refractivity contribution in [3.8, 4) is 34.5 Å². The van der Waals surface area contributed by atoms with Crippen LogP contribution in [0.2, 0.25) is 0 Å². The van der Waals surface area contributed by atoms with Crippen molar-refractivity contribution in [3.05, 3.63) is 84.0 Å². The molecule has 1 unspecified atom stereocenters. The molecule has 2 aromatic rings. The Hall–Kier alpha value is -5.73. The Morgan fingerprint density at radius 2 is 1.13 bits per heavy atom. The van der Waals surface area contributed by atoms with E-state index < -0.39 is 12.3 Å². The van der Waals surface area contributed by atoms with E-state index in [0.29, 0.717) is 60.2 Å². The Bertz CT molecular complexity index is 1590. The minimum absolute atomic E-state index is 0.0767. The van der Waals surface area contributed by atoms with Crippen LogP contribution in [0.15, 0.2) is 72.9 Å². The molecule has 0 radical (unpaired) electrons. The highest BCUT2D eigenvalue weighted by molar-refractivity contribution is 5.90. The van der Waals surface area contributed by atoms with Crippen molar-refractivity contribution in [2.75, 3.05) is 62.3 Å². The molecule has 0 saturated carbocycles. The van der Waals surface area contributed by atoms with Gasteiger partial charge in [0.05, 0.1) is 42.7 Å². The number of piperazine rings is 1. The number of aliphatic hydroxyl groups is 2. The first kappa shape index (κ1) is 42.4. The molecule has 0 aliphatic carbocycles. The average Bonchev–Trinajstić information content (AvgIpc) is 3.15. The van der Waals surface area contributed by atoms with Gasteiger partial charge in [-0.05, 0) is 47.9 Å². The topological polar surface area (TPSA) is 174 Å². The van der Waals surface area contributed by atoms with E-state index in [-0.39, 0.29) is 17.9 Å². The Morgan fingerprint density at radius 3 is 1.48 bits per heavy atom. The van der Waals surface area contributed by atoms with Crippen LogP contribution >= 0.6 is 0 Å². The van der Waals surface area contributed by atoms with Gasteiger partial charge in [0.15, 0.2) is 29.3 Å². The fourth-order valence-corrected chi connectivity index (χ4v) is 5.07. The summed E-state index contributed by atoms with van der Waals surface area (Å²) in [6.45, 7) is 3.40. The van der Waals surface area contributed by atoms with Gasteiger partial charge < -0.3 is 53.5 Å². The first-order valence-corrected chi connectivity index (χ1v) is 16.1. The van der Waals surface area contributed by atoms with Crippen LogP contribution in [0.3, 0.4) is 0 Å². The number of methoxy groups -OCH3 is 6. The molecule has 52 heavy (non-hydrogen) atoms. The van der Waals surface area contributed by atoms with E-state index in [9.17, 15) is 14.4 Å². The fraction of sp³-hybridized carbons (Fsp3) is 0.342. The third kappa shape index (κ3) is 12.9. The van der Waals surface area contributed by atoms with Crippen LogP contribution in [0.25, 0.3) is 12.2 Å². The van der Waals surface area contributed by atoms with Crippen molar-refractivity contribution in [2.24, 2.45) is 0 Å². The number of hydrogen-bond acceptors (Lipinski definition) is 11. The largest absolute Gasteiger partial charge is 0.493 e. The van der Waals surface area contributed by atoms with E-state index in [1.54, 1.807) is 77.9 Å². The van der Waals surface area contributed by atoms with Crippen molar-refractivity contribution in [1.82, 2.24) is 9.80 Å². The number of carboxylic acid groups (broad SMARTS) is 1. The molecule has 3 rings (SSSR count). The van der Waals surface area contributed by atoms with Gasteiger partial charge in [0.1, 0.15) is 0 Å². The number of carbonyl (C=O) groups excluding carboxylic acids is 2. The zero-order valence-electron chi connectivity index (χ0n) is 30.5. The molecule has 14 heteroatoms. The predicted octanol–water partition coefficient (Wildman–Crippen LogP) is 3.96. The second kappa shape index (κ2) is 22.2. The lowest BCUT2D eigenvalue weighted by molar-refractivity contribution is -0.137. The van der Waals surface area contributed by atoms with Gasteiger partial charge in [-0.1, -0.05) is 43.4 Å². The minimum atomic E-state index is -1.67. The molecule has 3 N–H and O–H groups in total. The summed E-state index contributed by atoms with van der Waals surface area (Å²) in [7, 11) is 9.36. The lowest BCUT2D eigenvalue weighted by atomic mass is 10.1. The maximum absolute atomic E-state index is 13.0. The Labute approximate surface area is 304 Å². The number of nitrogens with zero attached hydrogens (tertiary/aromatic N) is 2. The molecule has 0 aromatic heterocycles. The number of amides is 2. The Kier molecular flexibility index (Phi) is 18.1. The number of aliphatic carboxylic acids is 1. The SMILES string of the molecule is CCC1CN(C(=O)/C=C/C=C/c2cc(OC)c(OC)c(OC)c2)CCN1C(=O)/C=C/C=C/c1cc(OC)c(OC)c(OC)c1.O=C(O)/C=C/C(O)O. The van der Waals surface area contributed by atoms with Crippen LogP contribution in [-0.2, 0) is 14.4 Å². The van der Waals surface area contributed by atoms with E-state index in [2.05, 4.69) is 0 Å². The van der Waals surface area contributed by atoms with Gasteiger partial charge in [0.25, 0.3) is 0 Å². The first-order chi connectivity index (χ1) is 25.0. The molecule has 1 heterocycles. The van der Waals surface area contributed by atoms with E-state index in [1.807, 2.05) is 48.2 Å². The average molecular weight is 725 g/mol. The number of benzene rings is 2. The highest BCUT2D eigenvalue weighted by Gasteiger charge is 2.29. The van der Waals surface area contributed by atoms with Gasteiger partial charge in [-0.15, -0.1) is 0 Å². The number of rotatable bonds is 15. The molecule has 2 aromatic carbocycles. The second-order valence-electron chi connectivity index (χ2n) is 10.8. The molecule has 1 fully saturated rings. The minimum Gasteiger partial charge on any atom is -0.493 e. The van der Waals surface area contributed by atoms with E-state index >= 15 is 0 Å². The third-order valence-electron chi connectivity index (χ3n) is 7.61. The van der Waals surface area contributed by atoms with Crippen molar-refractivity contribution in [3.63, 3.8) is 0 Å². The summed E-state index contributed by atoms with van der Waals surface area (Å²) in [6, 6.07) is 7.23. The molecule has 0 bridgehead atoms. The molecule has 1 aliphatic heterocycles. The van der Waals surface area contributed by atoms with Gasteiger partial charge in [-0.3, -0.25) is 9.59 Å². The number of carboxylic acids is 1. The fourth-order valence-electron chi connectivity index (χ4n) is 5.07. The highest BCUT2D eigenvalue weighted by Crippen LogP contribution is 2.39. The van der Waals surface area contributed by atoms with E-state index in [4.69, 9.17) is 43.7 Å². The first-order valence-electron chi connectivity index (χ1n) is 16.1.